The van der Waals surface area contributed by atoms with Crippen LogP contribution in [0, 0.1) is 11.7 Å². The Kier molecular flexibility index (Phi) is 8.76. The third-order valence-corrected chi connectivity index (χ3v) is 6.85. The highest BCUT2D eigenvalue weighted by atomic mass is 35.5. The van der Waals surface area contributed by atoms with Gasteiger partial charge in [0.1, 0.15) is 11.4 Å². The van der Waals surface area contributed by atoms with E-state index in [-0.39, 0.29) is 17.6 Å². The lowest BCUT2D eigenvalue weighted by Crippen LogP contribution is -2.28. The van der Waals surface area contributed by atoms with Gasteiger partial charge in [0.05, 0.1) is 23.9 Å². The van der Waals surface area contributed by atoms with E-state index in [4.69, 9.17) is 16.3 Å². The topological polar surface area (TPSA) is 105 Å². The number of anilines is 1. The Bertz CT molecular complexity index is 1340. The third kappa shape index (κ3) is 6.28. The molecule has 0 fully saturated rings. The lowest BCUT2D eigenvalue weighted by molar-refractivity contribution is -0.117. The minimum atomic E-state index is -0.514. The van der Waals surface area contributed by atoms with Crippen molar-refractivity contribution < 1.29 is 13.9 Å². The fourth-order valence-corrected chi connectivity index (χ4v) is 4.67. The zero-order valence-electron chi connectivity index (χ0n) is 21.3. The summed E-state index contributed by atoms with van der Waals surface area (Å²) < 4.78 is 19.9. The average Bonchev–Trinajstić information content (AvgIpc) is 3.31. The number of amides is 1. The van der Waals surface area contributed by atoms with Crippen molar-refractivity contribution in [3.8, 4) is 11.4 Å². The van der Waals surface area contributed by atoms with Gasteiger partial charge in [0.25, 0.3) is 5.91 Å². The molecule has 1 atom stereocenters. The molecular formula is C27H32ClFN6O2. The second kappa shape index (κ2) is 12.2. The SMILES string of the molecule is CCC(CCCNC(=O)C1=CCCC(C)=C1OC)CNc1nc(-c2c[nH]c3ncc(Cl)cc23)ncc1F. The molecule has 0 aromatic carbocycles. The summed E-state index contributed by atoms with van der Waals surface area (Å²) in [5.74, 6) is 0.881. The minimum absolute atomic E-state index is 0.105. The van der Waals surface area contributed by atoms with Crippen molar-refractivity contribution in [2.24, 2.45) is 5.92 Å². The molecule has 1 aliphatic carbocycles. The van der Waals surface area contributed by atoms with Gasteiger partial charge in [-0.1, -0.05) is 31.0 Å². The largest absolute Gasteiger partial charge is 0.496 e. The number of aromatic nitrogens is 4. The molecule has 196 valence electrons. The zero-order valence-corrected chi connectivity index (χ0v) is 22.1. The number of aromatic amines is 1. The predicted molar refractivity (Wildman–Crippen MR) is 144 cm³/mol. The molecule has 3 N–H and O–H groups in total. The Morgan fingerprint density at radius 1 is 1.32 bits per heavy atom. The molecule has 0 radical (unpaired) electrons. The highest BCUT2D eigenvalue weighted by Gasteiger charge is 2.20. The summed E-state index contributed by atoms with van der Waals surface area (Å²) in [7, 11) is 1.60. The molecule has 1 amide bonds. The van der Waals surface area contributed by atoms with Crippen LogP contribution in [0.15, 0.2) is 47.6 Å². The maximum Gasteiger partial charge on any atom is 0.254 e. The van der Waals surface area contributed by atoms with Gasteiger partial charge >= 0.3 is 0 Å². The minimum Gasteiger partial charge on any atom is -0.496 e. The molecular weight excluding hydrogens is 495 g/mol. The Morgan fingerprint density at radius 2 is 2.16 bits per heavy atom. The molecule has 0 saturated heterocycles. The van der Waals surface area contributed by atoms with Crippen LogP contribution in [-0.2, 0) is 9.53 Å². The molecule has 10 heteroatoms. The normalized spacial score (nSPS) is 14.5. The number of pyridine rings is 1. The van der Waals surface area contributed by atoms with E-state index in [1.165, 1.54) is 6.20 Å². The van der Waals surface area contributed by atoms with Gasteiger partial charge in [-0.05, 0) is 50.2 Å². The summed E-state index contributed by atoms with van der Waals surface area (Å²) in [5, 5.41) is 7.42. The maximum absolute atomic E-state index is 14.5. The first-order valence-electron chi connectivity index (χ1n) is 12.5. The smallest absolute Gasteiger partial charge is 0.254 e. The summed E-state index contributed by atoms with van der Waals surface area (Å²) in [6, 6.07) is 1.78. The number of carbonyl (C=O) groups is 1. The third-order valence-electron chi connectivity index (χ3n) is 6.64. The fourth-order valence-electron chi connectivity index (χ4n) is 4.51. The molecule has 3 aromatic heterocycles. The van der Waals surface area contributed by atoms with E-state index in [9.17, 15) is 9.18 Å². The fraction of sp³-hybridized carbons (Fsp3) is 0.407. The summed E-state index contributed by atoms with van der Waals surface area (Å²) >= 11 is 6.10. The Labute approximate surface area is 220 Å². The van der Waals surface area contributed by atoms with Crippen LogP contribution in [-0.4, -0.2) is 46.0 Å². The molecule has 0 aliphatic heterocycles. The van der Waals surface area contributed by atoms with E-state index in [0.717, 1.165) is 43.1 Å². The highest BCUT2D eigenvalue weighted by Crippen LogP contribution is 2.28. The number of nitrogens with one attached hydrogen (secondary N) is 3. The quantitative estimate of drug-likeness (QED) is 0.273. The van der Waals surface area contributed by atoms with E-state index >= 15 is 0 Å². The van der Waals surface area contributed by atoms with E-state index < -0.39 is 5.82 Å². The summed E-state index contributed by atoms with van der Waals surface area (Å²) in [6.07, 6.45) is 10.8. The number of carbonyl (C=O) groups excluding carboxylic acids is 1. The number of fused-ring (bicyclic) bond motifs is 1. The van der Waals surface area contributed by atoms with Crippen molar-refractivity contribution in [1.82, 2.24) is 25.3 Å². The van der Waals surface area contributed by atoms with Crippen molar-refractivity contribution in [1.29, 1.82) is 0 Å². The first-order chi connectivity index (χ1) is 17.9. The lowest BCUT2D eigenvalue weighted by Gasteiger charge is -2.19. The van der Waals surface area contributed by atoms with Gasteiger partial charge in [0.15, 0.2) is 17.5 Å². The number of allylic oxidation sites excluding steroid dienone is 2. The number of methoxy groups -OCH3 is 1. The van der Waals surface area contributed by atoms with Crippen molar-refractivity contribution >= 4 is 34.4 Å². The molecule has 1 aliphatic rings. The Balaban J connectivity index is 1.31. The number of halogens is 2. The molecule has 4 rings (SSSR count). The summed E-state index contributed by atoms with van der Waals surface area (Å²) in [6.45, 7) is 5.21. The van der Waals surface area contributed by atoms with Gasteiger partial charge in [-0.25, -0.2) is 19.3 Å². The van der Waals surface area contributed by atoms with Crippen LogP contribution in [0.5, 0.6) is 0 Å². The van der Waals surface area contributed by atoms with Gasteiger partial charge in [-0.15, -0.1) is 0 Å². The molecule has 0 saturated carbocycles. The molecule has 8 nitrogen and oxygen atoms in total. The second-order valence-corrected chi connectivity index (χ2v) is 9.60. The first kappa shape index (κ1) is 26.6. The monoisotopic (exact) mass is 526 g/mol. The van der Waals surface area contributed by atoms with Gasteiger partial charge in [0, 0.05) is 36.4 Å². The van der Waals surface area contributed by atoms with Crippen LogP contribution in [0.3, 0.4) is 0 Å². The molecule has 0 spiro atoms. The Morgan fingerprint density at radius 3 is 2.95 bits per heavy atom. The van der Waals surface area contributed by atoms with Crippen LogP contribution in [0.25, 0.3) is 22.4 Å². The van der Waals surface area contributed by atoms with Gasteiger partial charge in [-0.3, -0.25) is 4.79 Å². The maximum atomic E-state index is 14.5. The van der Waals surface area contributed by atoms with E-state index in [2.05, 4.69) is 37.5 Å². The Hall–Kier alpha value is -3.46. The van der Waals surface area contributed by atoms with Crippen molar-refractivity contribution in [3.05, 3.63) is 58.5 Å². The van der Waals surface area contributed by atoms with Crippen molar-refractivity contribution in [2.45, 2.75) is 46.0 Å². The average molecular weight is 527 g/mol. The summed E-state index contributed by atoms with van der Waals surface area (Å²) in [5.41, 5.74) is 3.07. The molecule has 37 heavy (non-hydrogen) atoms. The zero-order chi connectivity index (χ0) is 26.4. The predicted octanol–water partition coefficient (Wildman–Crippen LogP) is 5.79. The van der Waals surface area contributed by atoms with E-state index in [1.54, 1.807) is 25.6 Å². The number of hydrogen-bond donors (Lipinski definition) is 3. The van der Waals surface area contributed by atoms with Crippen LogP contribution in [0.2, 0.25) is 5.02 Å². The van der Waals surface area contributed by atoms with Gasteiger partial charge in [0.2, 0.25) is 0 Å². The van der Waals surface area contributed by atoms with Crippen LogP contribution in [0.4, 0.5) is 10.2 Å². The second-order valence-electron chi connectivity index (χ2n) is 9.17. The number of nitrogens with zero attached hydrogens (tertiary/aromatic N) is 3. The van der Waals surface area contributed by atoms with Crippen LogP contribution < -0.4 is 10.6 Å². The van der Waals surface area contributed by atoms with E-state index in [0.29, 0.717) is 46.5 Å². The summed E-state index contributed by atoms with van der Waals surface area (Å²) in [4.78, 5) is 28.5. The first-order valence-corrected chi connectivity index (χ1v) is 12.9. The van der Waals surface area contributed by atoms with Gasteiger partial charge in [-0.2, -0.15) is 0 Å². The highest BCUT2D eigenvalue weighted by molar-refractivity contribution is 6.31. The van der Waals surface area contributed by atoms with Crippen molar-refractivity contribution in [3.63, 3.8) is 0 Å². The molecule has 3 aromatic rings. The number of rotatable bonds is 11. The van der Waals surface area contributed by atoms with Crippen LogP contribution in [0.1, 0.15) is 46.0 Å². The van der Waals surface area contributed by atoms with Crippen molar-refractivity contribution in [2.75, 3.05) is 25.5 Å². The van der Waals surface area contributed by atoms with Crippen LogP contribution >= 0.6 is 11.6 Å². The number of ether oxygens (including phenoxy) is 1. The molecule has 1 unspecified atom stereocenters. The molecule has 0 bridgehead atoms. The number of hydrogen-bond acceptors (Lipinski definition) is 6. The van der Waals surface area contributed by atoms with E-state index in [1.807, 2.05) is 13.0 Å². The number of H-pyrrole nitrogens is 1. The lowest BCUT2D eigenvalue weighted by atomic mass is 9.97. The van der Waals surface area contributed by atoms with Gasteiger partial charge < -0.3 is 20.4 Å². The standard InChI is InChI=1S/C27H32ClFN6O2/c1-4-17(8-6-10-30-27(36)19-9-5-7-16(2)23(19)37-3)12-31-26-22(29)15-34-25(35-26)21-14-33-24-20(21)11-18(28)13-32-24/h9,11,13-15,17H,4-8,10,12H2,1-3H3,(H,30,36)(H,32,33)(H,31,34,35). The molecule has 3 heterocycles.